The van der Waals surface area contributed by atoms with Gasteiger partial charge in [0.1, 0.15) is 0 Å². The average Bonchev–Trinajstić information content (AvgIpc) is 3.08. The van der Waals surface area contributed by atoms with Gasteiger partial charge < -0.3 is 10.2 Å². The van der Waals surface area contributed by atoms with Gasteiger partial charge in [0.15, 0.2) is 0 Å². The SMILES string of the molecule is O=C(C1CC2C=CC1C2)N1CCC(NCC2CC2)CC1. The Morgan fingerprint density at radius 3 is 2.50 bits per heavy atom. The van der Waals surface area contributed by atoms with Crippen molar-refractivity contribution in [2.24, 2.45) is 23.7 Å². The lowest BCUT2D eigenvalue weighted by Crippen LogP contribution is -2.47. The number of carbonyl (C=O) groups excluding carboxylic acids is 1. The van der Waals surface area contributed by atoms with E-state index in [-0.39, 0.29) is 0 Å². The molecule has 3 aliphatic carbocycles. The number of nitrogens with zero attached hydrogens (tertiary/aromatic N) is 1. The second kappa shape index (κ2) is 5.18. The fraction of sp³-hybridized carbons (Fsp3) is 0.824. The summed E-state index contributed by atoms with van der Waals surface area (Å²) in [5.74, 6) is 2.96. The molecule has 0 aromatic heterocycles. The minimum atomic E-state index is 0.306. The molecule has 1 amide bonds. The van der Waals surface area contributed by atoms with Crippen molar-refractivity contribution in [3.05, 3.63) is 12.2 Å². The van der Waals surface area contributed by atoms with Gasteiger partial charge in [-0.2, -0.15) is 0 Å². The molecule has 1 aliphatic heterocycles. The van der Waals surface area contributed by atoms with Crippen LogP contribution in [0.5, 0.6) is 0 Å². The Hall–Kier alpha value is -0.830. The van der Waals surface area contributed by atoms with Crippen molar-refractivity contribution in [3.8, 4) is 0 Å². The molecule has 110 valence electrons. The third-order valence-corrected chi connectivity index (χ3v) is 5.79. The maximum atomic E-state index is 12.6. The van der Waals surface area contributed by atoms with E-state index in [0.29, 0.717) is 29.7 Å². The molecule has 3 heteroatoms. The van der Waals surface area contributed by atoms with Crippen LogP contribution in [0.4, 0.5) is 0 Å². The van der Waals surface area contributed by atoms with Crippen molar-refractivity contribution in [2.75, 3.05) is 19.6 Å². The largest absolute Gasteiger partial charge is 0.342 e. The van der Waals surface area contributed by atoms with E-state index in [1.54, 1.807) is 0 Å². The maximum Gasteiger partial charge on any atom is 0.226 e. The van der Waals surface area contributed by atoms with Gasteiger partial charge >= 0.3 is 0 Å². The number of piperidine rings is 1. The van der Waals surface area contributed by atoms with Crippen LogP contribution in [-0.4, -0.2) is 36.5 Å². The molecule has 1 N–H and O–H groups in total. The van der Waals surface area contributed by atoms with Crippen LogP contribution >= 0.6 is 0 Å². The highest BCUT2D eigenvalue weighted by Gasteiger charge is 2.41. The summed E-state index contributed by atoms with van der Waals surface area (Å²) in [7, 11) is 0. The zero-order chi connectivity index (χ0) is 13.5. The Bertz CT molecular complexity index is 407. The summed E-state index contributed by atoms with van der Waals surface area (Å²) in [6, 6.07) is 0.652. The van der Waals surface area contributed by atoms with E-state index in [2.05, 4.69) is 22.4 Å². The van der Waals surface area contributed by atoms with Gasteiger partial charge in [-0.05, 0) is 62.8 Å². The number of amides is 1. The van der Waals surface area contributed by atoms with Crippen LogP contribution in [-0.2, 0) is 4.79 Å². The summed E-state index contributed by atoms with van der Waals surface area (Å²) < 4.78 is 0. The molecule has 1 heterocycles. The summed E-state index contributed by atoms with van der Waals surface area (Å²) >= 11 is 0. The molecule has 3 atom stereocenters. The quantitative estimate of drug-likeness (QED) is 0.797. The highest BCUT2D eigenvalue weighted by molar-refractivity contribution is 5.80. The first kappa shape index (κ1) is 12.9. The van der Waals surface area contributed by atoms with Crippen LogP contribution in [0.2, 0.25) is 0 Å². The summed E-state index contributed by atoms with van der Waals surface area (Å²) in [5, 5.41) is 3.69. The number of carbonyl (C=O) groups is 1. The molecule has 0 aromatic rings. The molecule has 2 bridgehead atoms. The molecular formula is C17H26N2O. The Balaban J connectivity index is 1.26. The van der Waals surface area contributed by atoms with Crippen molar-refractivity contribution in [2.45, 2.75) is 44.6 Å². The van der Waals surface area contributed by atoms with Crippen LogP contribution in [0.1, 0.15) is 38.5 Å². The molecule has 3 fully saturated rings. The topological polar surface area (TPSA) is 32.3 Å². The second-order valence-corrected chi connectivity index (χ2v) is 7.34. The molecule has 20 heavy (non-hydrogen) atoms. The molecule has 0 radical (unpaired) electrons. The third kappa shape index (κ3) is 2.52. The zero-order valence-electron chi connectivity index (χ0n) is 12.3. The first-order valence-electron chi connectivity index (χ1n) is 8.50. The van der Waals surface area contributed by atoms with Gasteiger partial charge in [-0.3, -0.25) is 4.79 Å². The smallest absolute Gasteiger partial charge is 0.226 e. The van der Waals surface area contributed by atoms with Crippen LogP contribution in [0.15, 0.2) is 12.2 Å². The van der Waals surface area contributed by atoms with Gasteiger partial charge in [0.2, 0.25) is 5.91 Å². The molecule has 3 unspecified atom stereocenters. The highest BCUT2D eigenvalue weighted by atomic mass is 16.2. The second-order valence-electron chi connectivity index (χ2n) is 7.34. The van der Waals surface area contributed by atoms with Gasteiger partial charge in [0, 0.05) is 25.0 Å². The zero-order valence-corrected chi connectivity index (χ0v) is 12.3. The van der Waals surface area contributed by atoms with Crippen molar-refractivity contribution in [3.63, 3.8) is 0 Å². The Labute approximate surface area is 121 Å². The van der Waals surface area contributed by atoms with E-state index in [1.807, 2.05) is 0 Å². The van der Waals surface area contributed by atoms with Crippen LogP contribution in [0.25, 0.3) is 0 Å². The van der Waals surface area contributed by atoms with Crippen LogP contribution < -0.4 is 5.32 Å². The highest BCUT2D eigenvalue weighted by Crippen LogP contribution is 2.44. The van der Waals surface area contributed by atoms with Gasteiger partial charge in [-0.1, -0.05) is 12.2 Å². The summed E-state index contributed by atoms with van der Waals surface area (Å²) in [6.07, 6.45) is 12.1. The monoisotopic (exact) mass is 274 g/mol. The van der Waals surface area contributed by atoms with E-state index in [1.165, 1.54) is 25.8 Å². The van der Waals surface area contributed by atoms with Crippen molar-refractivity contribution in [1.82, 2.24) is 10.2 Å². The maximum absolute atomic E-state index is 12.6. The number of rotatable bonds is 4. The predicted octanol–water partition coefficient (Wildman–Crippen LogP) is 2.19. The lowest BCUT2D eigenvalue weighted by atomic mass is 9.91. The van der Waals surface area contributed by atoms with E-state index in [0.717, 1.165) is 38.3 Å². The lowest BCUT2D eigenvalue weighted by Gasteiger charge is -2.35. The van der Waals surface area contributed by atoms with Crippen molar-refractivity contribution >= 4 is 5.91 Å². The number of allylic oxidation sites excluding steroid dienone is 2. The first-order chi connectivity index (χ1) is 9.79. The molecule has 0 aromatic carbocycles. The van der Waals surface area contributed by atoms with Crippen LogP contribution in [0.3, 0.4) is 0 Å². The summed E-state index contributed by atoms with van der Waals surface area (Å²) in [6.45, 7) is 3.15. The van der Waals surface area contributed by atoms with Gasteiger partial charge in [-0.25, -0.2) is 0 Å². The fourth-order valence-electron chi connectivity index (χ4n) is 4.26. The summed E-state index contributed by atoms with van der Waals surface area (Å²) in [4.78, 5) is 14.8. The molecule has 4 aliphatic rings. The minimum Gasteiger partial charge on any atom is -0.342 e. The van der Waals surface area contributed by atoms with E-state index >= 15 is 0 Å². The summed E-state index contributed by atoms with van der Waals surface area (Å²) in [5.41, 5.74) is 0. The van der Waals surface area contributed by atoms with E-state index < -0.39 is 0 Å². The standard InChI is InChI=1S/C17H26N2O/c20-17(16-10-13-3-4-14(16)9-13)19-7-5-15(6-8-19)18-11-12-1-2-12/h3-4,12-16,18H,1-2,5-11H2. The fourth-order valence-corrected chi connectivity index (χ4v) is 4.26. The molecular weight excluding hydrogens is 248 g/mol. The van der Waals surface area contributed by atoms with Gasteiger partial charge in [0.05, 0.1) is 0 Å². The number of fused-ring (bicyclic) bond motifs is 2. The van der Waals surface area contributed by atoms with Crippen molar-refractivity contribution < 1.29 is 4.79 Å². The van der Waals surface area contributed by atoms with E-state index in [9.17, 15) is 4.79 Å². The normalized spacial score (nSPS) is 36.8. The molecule has 4 rings (SSSR count). The van der Waals surface area contributed by atoms with Crippen molar-refractivity contribution in [1.29, 1.82) is 0 Å². The minimum absolute atomic E-state index is 0.306. The Kier molecular flexibility index (Phi) is 3.33. The van der Waals surface area contributed by atoms with E-state index in [4.69, 9.17) is 0 Å². The lowest BCUT2D eigenvalue weighted by molar-refractivity contribution is -0.137. The first-order valence-corrected chi connectivity index (χ1v) is 8.50. The molecule has 0 spiro atoms. The Morgan fingerprint density at radius 2 is 1.90 bits per heavy atom. The third-order valence-electron chi connectivity index (χ3n) is 5.79. The number of nitrogens with one attached hydrogen (secondary N) is 1. The van der Waals surface area contributed by atoms with Gasteiger partial charge in [-0.15, -0.1) is 0 Å². The van der Waals surface area contributed by atoms with Gasteiger partial charge in [0.25, 0.3) is 0 Å². The molecule has 1 saturated heterocycles. The number of likely N-dealkylation sites (tertiary alicyclic amines) is 1. The molecule has 2 saturated carbocycles. The molecule has 3 nitrogen and oxygen atoms in total. The Morgan fingerprint density at radius 1 is 1.10 bits per heavy atom. The predicted molar refractivity (Wildman–Crippen MR) is 79.2 cm³/mol. The number of hydrogen-bond donors (Lipinski definition) is 1. The average molecular weight is 274 g/mol. The van der Waals surface area contributed by atoms with Crippen LogP contribution in [0, 0.1) is 23.7 Å². The number of hydrogen-bond acceptors (Lipinski definition) is 2.